The number of rotatable bonds is 26. The monoisotopic (exact) mass is 664 g/mol. The van der Waals surface area contributed by atoms with E-state index in [2.05, 4.69) is 19.1 Å². The largest absolute Gasteiger partial charge is 0.481 e. The topological polar surface area (TPSA) is 247 Å². The Morgan fingerprint density at radius 3 is 1.11 bits per heavy atom. The Labute approximate surface area is 273 Å². The third-order valence-corrected chi connectivity index (χ3v) is 7.24. The van der Waals surface area contributed by atoms with Gasteiger partial charge in [-0.15, -0.1) is 0 Å². The van der Waals surface area contributed by atoms with Crippen molar-refractivity contribution >= 4 is 29.5 Å². The van der Waals surface area contributed by atoms with Crippen LogP contribution in [0.25, 0.3) is 0 Å². The molecule has 0 aromatic heterocycles. The molecule has 0 aromatic rings. The maximum absolute atomic E-state index is 11.0. The smallest absolute Gasteiger partial charge is 0.347 e. The summed E-state index contributed by atoms with van der Waals surface area (Å²) in [6.45, 7) is 2.64. The zero-order valence-electron chi connectivity index (χ0n) is 28.0. The van der Waals surface area contributed by atoms with E-state index < -0.39 is 46.8 Å². The average molecular weight is 665 g/mol. The quantitative estimate of drug-likeness (QED) is 0.0373. The molecule has 0 radical (unpaired) electrons. The van der Waals surface area contributed by atoms with Crippen molar-refractivity contribution in [3.05, 3.63) is 12.2 Å². The summed E-state index contributed by atoms with van der Waals surface area (Å²) in [7, 11) is 0. The third kappa shape index (κ3) is 21.9. The lowest BCUT2D eigenvalue weighted by Gasteiger charge is -2.32. The van der Waals surface area contributed by atoms with Gasteiger partial charge in [0.05, 0.1) is 13.2 Å². The van der Waals surface area contributed by atoms with Crippen LogP contribution >= 0.6 is 0 Å². The molecular weight excluding hydrogens is 604 g/mol. The number of carboxylic acid groups (broad SMARTS) is 3. The summed E-state index contributed by atoms with van der Waals surface area (Å²) in [4.78, 5) is 53.6. The summed E-state index contributed by atoms with van der Waals surface area (Å²) >= 11 is 0. The molecule has 0 aliphatic heterocycles. The molecule has 0 fully saturated rings. The maximum Gasteiger partial charge on any atom is 0.347 e. The molecule has 2 unspecified atom stereocenters. The van der Waals surface area contributed by atoms with E-state index in [1.54, 1.807) is 0 Å². The van der Waals surface area contributed by atoms with Crippen LogP contribution in [0.5, 0.6) is 0 Å². The second kappa shape index (κ2) is 29.7. The lowest BCUT2D eigenvalue weighted by Crippen LogP contribution is -2.70. The van der Waals surface area contributed by atoms with Gasteiger partial charge in [0.15, 0.2) is 11.6 Å². The first kappa shape index (κ1) is 47.7. The first-order valence-electron chi connectivity index (χ1n) is 16.3. The van der Waals surface area contributed by atoms with Gasteiger partial charge in [-0.2, -0.15) is 0 Å². The Balaban J connectivity index is -0.000000718. The van der Waals surface area contributed by atoms with E-state index in [0.717, 1.165) is 12.8 Å². The molecule has 2 atom stereocenters. The first-order chi connectivity index (χ1) is 21.6. The van der Waals surface area contributed by atoms with Crippen LogP contribution in [0, 0.1) is 0 Å². The second-order valence-corrected chi connectivity index (χ2v) is 11.3. The number of aliphatic hydroxyl groups is 5. The van der Waals surface area contributed by atoms with Crippen LogP contribution in [0.1, 0.15) is 136 Å². The summed E-state index contributed by atoms with van der Waals surface area (Å²) in [5.41, 5.74) is -7.44. The molecule has 0 spiro atoms. The third-order valence-electron chi connectivity index (χ3n) is 7.24. The molecule has 0 rings (SSSR count). The molecule has 8 N–H and O–H groups in total. The number of ketones is 2. The Bertz CT molecular complexity index is 802. The number of carboxylic acids is 3. The van der Waals surface area contributed by atoms with Crippen molar-refractivity contribution in [2.75, 3.05) is 13.2 Å². The standard InChI is InChI=1S/C22H42O2.C8H10O8.C3H8O3/c1-2-3-4-5-6-7-8-9-10-11-12-13-14-15-16-17-18-19-20-21-22(23)24;1-3(9)7(15,5(11)12)8(16,4(2)10)6(13)14;4-1-3(6)2-5/h9-10H,2-8,11-21H2,1H3,(H,23,24);15-16H,1-2H3,(H,11,12)(H,13,14);3-6H,1-2H2/b10-9-;;. The number of unbranched alkanes of at least 4 members (excludes halogenated alkanes) is 15. The zero-order valence-corrected chi connectivity index (χ0v) is 28.0. The highest BCUT2D eigenvalue weighted by atomic mass is 16.5. The summed E-state index contributed by atoms with van der Waals surface area (Å²) in [5.74, 6) is -8.43. The van der Waals surface area contributed by atoms with Gasteiger partial charge in [0, 0.05) is 6.42 Å². The minimum Gasteiger partial charge on any atom is -0.481 e. The molecule has 0 saturated carbocycles. The molecule has 13 nitrogen and oxygen atoms in total. The van der Waals surface area contributed by atoms with E-state index in [1.165, 1.54) is 96.3 Å². The highest BCUT2D eigenvalue weighted by molar-refractivity contribution is 6.20. The number of carbonyl (C=O) groups excluding carboxylic acids is 2. The van der Waals surface area contributed by atoms with Gasteiger partial charge in [0.25, 0.3) is 11.2 Å². The van der Waals surface area contributed by atoms with Crippen LogP contribution in [-0.2, 0) is 24.0 Å². The maximum atomic E-state index is 11.0. The van der Waals surface area contributed by atoms with E-state index in [4.69, 9.17) is 30.6 Å². The van der Waals surface area contributed by atoms with Crippen molar-refractivity contribution in [2.45, 2.75) is 154 Å². The van der Waals surface area contributed by atoms with Crippen molar-refractivity contribution in [3.8, 4) is 0 Å². The van der Waals surface area contributed by atoms with Gasteiger partial charge in [-0.1, -0.05) is 96.1 Å². The molecule has 0 saturated heterocycles. The molecule has 46 heavy (non-hydrogen) atoms. The Morgan fingerprint density at radius 2 is 0.870 bits per heavy atom. The van der Waals surface area contributed by atoms with E-state index >= 15 is 0 Å². The molecule has 0 bridgehead atoms. The lowest BCUT2D eigenvalue weighted by atomic mass is 9.77. The number of allylic oxidation sites excluding steroid dienone is 2. The van der Waals surface area contributed by atoms with Gasteiger partial charge < -0.3 is 40.9 Å². The predicted octanol–water partition coefficient (Wildman–Crippen LogP) is 3.80. The SMILES string of the molecule is CC(=O)C(O)(C(=O)O)C(O)(C(C)=O)C(=O)O.CCCCCCCC/C=C\CCCCCCCCCCCC(=O)O.OCC(O)CO. The molecule has 0 aliphatic rings. The normalized spacial score (nSPS) is 13.5. The Kier molecular flexibility index (Phi) is 30.8. The van der Waals surface area contributed by atoms with Gasteiger partial charge in [-0.25, -0.2) is 9.59 Å². The fourth-order valence-electron chi connectivity index (χ4n) is 4.23. The van der Waals surface area contributed by atoms with E-state index in [9.17, 15) is 34.2 Å². The molecule has 0 aliphatic carbocycles. The van der Waals surface area contributed by atoms with Crippen molar-refractivity contribution in [3.63, 3.8) is 0 Å². The molecule has 13 heteroatoms. The summed E-state index contributed by atoms with van der Waals surface area (Å²) in [5, 5.41) is 68.6. The number of aliphatic carboxylic acids is 3. The predicted molar refractivity (Wildman–Crippen MR) is 172 cm³/mol. The second-order valence-electron chi connectivity index (χ2n) is 11.3. The highest BCUT2D eigenvalue weighted by Gasteiger charge is 2.67. The van der Waals surface area contributed by atoms with Crippen LogP contribution in [0.4, 0.5) is 0 Å². The van der Waals surface area contributed by atoms with E-state index in [0.29, 0.717) is 20.3 Å². The van der Waals surface area contributed by atoms with Crippen molar-refractivity contribution in [1.29, 1.82) is 0 Å². The summed E-state index contributed by atoms with van der Waals surface area (Å²) < 4.78 is 0. The minimum absolute atomic E-state index is 0.340. The van der Waals surface area contributed by atoms with Crippen LogP contribution in [0.2, 0.25) is 0 Å². The zero-order chi connectivity index (χ0) is 36.0. The lowest BCUT2D eigenvalue weighted by molar-refractivity contribution is -0.206. The molecular formula is C33H60O13. The summed E-state index contributed by atoms with van der Waals surface area (Å²) in [6, 6.07) is 0. The fraction of sp³-hybridized carbons (Fsp3) is 0.788. The number of aliphatic hydroxyl groups excluding tert-OH is 3. The van der Waals surface area contributed by atoms with E-state index in [1.807, 2.05) is 0 Å². The first-order valence-corrected chi connectivity index (χ1v) is 16.3. The molecule has 0 amide bonds. The van der Waals surface area contributed by atoms with Gasteiger partial charge in [-0.3, -0.25) is 14.4 Å². The number of hydrogen-bond acceptors (Lipinski definition) is 10. The van der Waals surface area contributed by atoms with Crippen LogP contribution in [0.15, 0.2) is 12.2 Å². The minimum atomic E-state index is -3.72. The van der Waals surface area contributed by atoms with Crippen molar-refractivity contribution < 1.29 is 64.8 Å². The fourth-order valence-corrected chi connectivity index (χ4v) is 4.23. The number of Topliss-reactive ketones (excluding diaryl/α,β-unsaturated/α-hetero) is 2. The Hall–Kier alpha value is -2.71. The molecule has 0 heterocycles. The highest BCUT2D eigenvalue weighted by Crippen LogP contribution is 2.26. The van der Waals surface area contributed by atoms with Gasteiger partial charge >= 0.3 is 17.9 Å². The van der Waals surface area contributed by atoms with Gasteiger partial charge in [-0.05, 0) is 46.0 Å². The van der Waals surface area contributed by atoms with Crippen molar-refractivity contribution in [1.82, 2.24) is 0 Å². The molecule has 0 aromatic carbocycles. The number of hydrogen-bond donors (Lipinski definition) is 8. The molecule has 270 valence electrons. The average Bonchev–Trinajstić information content (AvgIpc) is 3.00. The van der Waals surface area contributed by atoms with Gasteiger partial charge in [0.2, 0.25) is 0 Å². The van der Waals surface area contributed by atoms with Crippen LogP contribution in [-0.4, -0.2) is 101 Å². The van der Waals surface area contributed by atoms with Gasteiger partial charge in [0.1, 0.15) is 6.10 Å². The summed E-state index contributed by atoms with van der Waals surface area (Å²) in [6.07, 6.45) is 26.2. The van der Waals surface area contributed by atoms with Crippen molar-refractivity contribution in [2.24, 2.45) is 0 Å². The van der Waals surface area contributed by atoms with E-state index in [-0.39, 0.29) is 13.2 Å². The number of carbonyl (C=O) groups is 5. The van der Waals surface area contributed by atoms with Crippen LogP contribution < -0.4 is 0 Å². The Morgan fingerprint density at radius 1 is 0.565 bits per heavy atom. The van der Waals surface area contributed by atoms with Crippen LogP contribution in [0.3, 0.4) is 0 Å².